The van der Waals surface area contributed by atoms with Crippen molar-refractivity contribution in [2.24, 2.45) is 12.1 Å². The molecule has 1 aromatic heterocycles. The lowest BCUT2D eigenvalue weighted by Gasteiger charge is -2.22. The second-order valence-corrected chi connectivity index (χ2v) is 11.4. The molecule has 1 aliphatic heterocycles. The highest BCUT2D eigenvalue weighted by Crippen LogP contribution is 2.34. The first-order valence-corrected chi connectivity index (χ1v) is 14.8. The fourth-order valence-electron chi connectivity index (χ4n) is 4.51. The van der Waals surface area contributed by atoms with Crippen LogP contribution < -0.4 is 10.1 Å². The maximum absolute atomic E-state index is 13.5. The second-order valence-electron chi connectivity index (χ2n) is 9.55. The molecule has 9 nitrogen and oxygen atoms in total. The number of nitrogens with zero attached hydrogens (tertiary/aromatic N) is 5. The Labute approximate surface area is 251 Å². The maximum atomic E-state index is 13.5. The summed E-state index contributed by atoms with van der Waals surface area (Å²) in [5.41, 5.74) is 4.49. The number of nitrogens with one attached hydrogen (secondary N) is 1. The number of ether oxygens (including phenoxy) is 1. The summed E-state index contributed by atoms with van der Waals surface area (Å²) in [6.45, 7) is 2.22. The van der Waals surface area contributed by atoms with Crippen molar-refractivity contribution < 1.29 is 14.3 Å². The van der Waals surface area contributed by atoms with Gasteiger partial charge in [0.1, 0.15) is 5.75 Å². The predicted octanol–water partition coefficient (Wildman–Crippen LogP) is 5.29. The minimum absolute atomic E-state index is 0.123. The normalized spacial score (nSPS) is 14.6. The van der Waals surface area contributed by atoms with Gasteiger partial charge in [0.25, 0.3) is 11.8 Å². The monoisotopic (exact) mass is 632 g/mol. The number of methoxy groups -OCH3 is 1. The molecule has 0 bridgehead atoms. The Balaban J connectivity index is 1.27. The topological polar surface area (TPSA) is 102 Å². The first-order chi connectivity index (χ1) is 19.8. The molecule has 0 saturated carbocycles. The van der Waals surface area contributed by atoms with Crippen molar-refractivity contribution in [1.82, 2.24) is 25.1 Å². The highest BCUT2D eigenvalue weighted by Gasteiger charge is 2.33. The SMILES string of the molecule is COc1ccccc1C(=O)NCc1nnc(SCC(=O)N2N=C(c3ccc(Br)cc3)CC2c2ccc(C)cc2)n1C. The average molecular weight is 634 g/mol. The van der Waals surface area contributed by atoms with Gasteiger partial charge in [-0.3, -0.25) is 9.59 Å². The van der Waals surface area contributed by atoms with Gasteiger partial charge in [0.2, 0.25) is 0 Å². The summed E-state index contributed by atoms with van der Waals surface area (Å²) in [5.74, 6) is 0.804. The van der Waals surface area contributed by atoms with Gasteiger partial charge in [0.05, 0.1) is 36.7 Å². The zero-order chi connectivity index (χ0) is 28.9. The smallest absolute Gasteiger partial charge is 0.255 e. The molecule has 1 unspecified atom stereocenters. The molecular weight excluding hydrogens is 604 g/mol. The van der Waals surface area contributed by atoms with E-state index >= 15 is 0 Å². The molecule has 0 spiro atoms. The lowest BCUT2D eigenvalue weighted by atomic mass is 9.98. The van der Waals surface area contributed by atoms with Gasteiger partial charge in [-0.1, -0.05) is 81.8 Å². The van der Waals surface area contributed by atoms with E-state index in [0.29, 0.717) is 28.7 Å². The number of hydrogen-bond acceptors (Lipinski definition) is 7. The van der Waals surface area contributed by atoms with Crippen LogP contribution in [0.3, 0.4) is 0 Å². The van der Waals surface area contributed by atoms with Crippen LogP contribution in [0, 0.1) is 6.92 Å². The Morgan fingerprint density at radius 3 is 2.51 bits per heavy atom. The number of rotatable bonds is 9. The van der Waals surface area contributed by atoms with Crippen LogP contribution in [0.25, 0.3) is 0 Å². The highest BCUT2D eigenvalue weighted by atomic mass is 79.9. The van der Waals surface area contributed by atoms with E-state index in [-0.39, 0.29) is 30.2 Å². The number of halogens is 1. The van der Waals surface area contributed by atoms with Crippen molar-refractivity contribution in [3.05, 3.63) is 105 Å². The molecule has 210 valence electrons. The molecule has 0 saturated heterocycles. The Kier molecular flexibility index (Phi) is 8.84. The van der Waals surface area contributed by atoms with Gasteiger partial charge in [-0.15, -0.1) is 10.2 Å². The van der Waals surface area contributed by atoms with E-state index in [2.05, 4.69) is 55.7 Å². The summed E-state index contributed by atoms with van der Waals surface area (Å²) in [4.78, 5) is 26.2. The molecule has 4 aromatic rings. The number of hydrogen-bond donors (Lipinski definition) is 1. The quantitative estimate of drug-likeness (QED) is 0.251. The fraction of sp³-hybridized carbons (Fsp3) is 0.233. The van der Waals surface area contributed by atoms with Gasteiger partial charge in [0, 0.05) is 17.9 Å². The van der Waals surface area contributed by atoms with Gasteiger partial charge in [-0.2, -0.15) is 5.10 Å². The van der Waals surface area contributed by atoms with Crippen LogP contribution in [0.2, 0.25) is 0 Å². The van der Waals surface area contributed by atoms with Crippen molar-refractivity contribution >= 4 is 45.2 Å². The lowest BCUT2D eigenvalue weighted by Crippen LogP contribution is -2.28. The van der Waals surface area contributed by atoms with Crippen molar-refractivity contribution in [3.8, 4) is 5.75 Å². The number of benzene rings is 3. The molecular formula is C30H29BrN6O3S. The number of hydrazone groups is 1. The molecule has 1 N–H and O–H groups in total. The van der Waals surface area contributed by atoms with E-state index in [1.807, 2.05) is 38.2 Å². The van der Waals surface area contributed by atoms with E-state index < -0.39 is 0 Å². The van der Waals surface area contributed by atoms with Crippen LogP contribution in [-0.2, 0) is 18.4 Å². The van der Waals surface area contributed by atoms with Gasteiger partial charge in [-0.25, -0.2) is 5.01 Å². The molecule has 0 radical (unpaired) electrons. The first-order valence-electron chi connectivity index (χ1n) is 13.0. The van der Waals surface area contributed by atoms with Crippen molar-refractivity contribution in [1.29, 1.82) is 0 Å². The summed E-state index contributed by atoms with van der Waals surface area (Å²) in [6.07, 6.45) is 0.626. The number of aromatic nitrogens is 3. The second kappa shape index (κ2) is 12.7. The largest absolute Gasteiger partial charge is 0.496 e. The van der Waals surface area contributed by atoms with E-state index in [9.17, 15) is 9.59 Å². The maximum Gasteiger partial charge on any atom is 0.255 e. The molecule has 0 aliphatic carbocycles. The van der Waals surface area contributed by atoms with E-state index in [4.69, 9.17) is 9.84 Å². The van der Waals surface area contributed by atoms with Crippen LogP contribution in [0.4, 0.5) is 0 Å². The van der Waals surface area contributed by atoms with E-state index in [1.165, 1.54) is 18.9 Å². The Morgan fingerprint density at radius 1 is 1.05 bits per heavy atom. The highest BCUT2D eigenvalue weighted by molar-refractivity contribution is 9.10. The van der Waals surface area contributed by atoms with Gasteiger partial charge >= 0.3 is 0 Å². The standard InChI is InChI=1S/C30H29BrN6O3S/c1-19-8-10-21(11-9-19)25-16-24(20-12-14-22(31)15-13-20)35-37(25)28(38)18-41-30-34-33-27(36(30)2)17-32-29(39)23-6-4-5-7-26(23)40-3/h4-15,25H,16-18H2,1-3H3,(H,32,39). The molecule has 41 heavy (non-hydrogen) atoms. The van der Waals surface area contributed by atoms with Crippen LogP contribution in [0.1, 0.15) is 45.3 Å². The van der Waals surface area contributed by atoms with Gasteiger partial charge < -0.3 is 14.6 Å². The fourth-order valence-corrected chi connectivity index (χ4v) is 5.56. The summed E-state index contributed by atoms with van der Waals surface area (Å²) in [5, 5.41) is 18.3. The lowest BCUT2D eigenvalue weighted by molar-refractivity contribution is -0.130. The van der Waals surface area contributed by atoms with E-state index in [0.717, 1.165) is 26.9 Å². The summed E-state index contributed by atoms with van der Waals surface area (Å²) < 4.78 is 8.04. The number of carbonyl (C=O) groups excluding carboxylic acids is 2. The third kappa shape index (κ3) is 6.52. The van der Waals surface area contributed by atoms with Crippen molar-refractivity contribution in [2.75, 3.05) is 12.9 Å². The molecule has 5 rings (SSSR count). The van der Waals surface area contributed by atoms with Crippen molar-refractivity contribution in [3.63, 3.8) is 0 Å². The zero-order valence-electron chi connectivity index (χ0n) is 22.9. The van der Waals surface area contributed by atoms with Gasteiger partial charge in [0.15, 0.2) is 11.0 Å². The van der Waals surface area contributed by atoms with Crippen LogP contribution in [-0.4, -0.2) is 50.2 Å². The van der Waals surface area contributed by atoms with Gasteiger partial charge in [-0.05, 0) is 42.3 Å². The molecule has 2 heterocycles. The van der Waals surface area contributed by atoms with Crippen LogP contribution >= 0.6 is 27.7 Å². The Morgan fingerprint density at radius 2 is 1.78 bits per heavy atom. The Hall–Kier alpha value is -3.96. The van der Waals surface area contributed by atoms with Crippen LogP contribution in [0.5, 0.6) is 5.75 Å². The number of carbonyl (C=O) groups is 2. The third-order valence-corrected chi connectivity index (χ3v) is 8.35. The number of thioether (sulfide) groups is 1. The van der Waals surface area contributed by atoms with Crippen LogP contribution in [0.15, 0.2) is 87.5 Å². The minimum Gasteiger partial charge on any atom is -0.496 e. The Bertz CT molecular complexity index is 1590. The summed E-state index contributed by atoms with van der Waals surface area (Å²) in [6, 6.07) is 23.0. The minimum atomic E-state index is -0.273. The van der Waals surface area contributed by atoms with Crippen molar-refractivity contribution in [2.45, 2.75) is 31.1 Å². The van der Waals surface area contributed by atoms with E-state index in [1.54, 1.807) is 33.8 Å². The zero-order valence-corrected chi connectivity index (χ0v) is 25.3. The molecule has 0 fully saturated rings. The number of para-hydroxylation sites is 1. The molecule has 2 amide bonds. The molecule has 3 aromatic carbocycles. The first kappa shape index (κ1) is 28.6. The average Bonchev–Trinajstić information content (AvgIpc) is 3.59. The summed E-state index contributed by atoms with van der Waals surface area (Å²) >= 11 is 4.77. The predicted molar refractivity (Wildman–Crippen MR) is 162 cm³/mol. The number of aryl methyl sites for hydroxylation is 1. The molecule has 11 heteroatoms. The third-order valence-electron chi connectivity index (χ3n) is 6.81. The molecule has 1 atom stereocenters. The summed E-state index contributed by atoms with van der Waals surface area (Å²) in [7, 11) is 3.34. The number of amides is 2. The molecule has 1 aliphatic rings.